The van der Waals surface area contributed by atoms with Crippen molar-refractivity contribution in [1.29, 1.82) is 0 Å². The van der Waals surface area contributed by atoms with Crippen LogP contribution in [0.2, 0.25) is 0 Å². The predicted molar refractivity (Wildman–Crippen MR) is 70.8 cm³/mol. The monoisotopic (exact) mass is 244 g/mol. The summed E-state index contributed by atoms with van der Waals surface area (Å²) in [6, 6.07) is 0. The van der Waals surface area contributed by atoms with E-state index in [0.29, 0.717) is 0 Å². The lowest BCUT2D eigenvalue weighted by Gasteiger charge is -2.02. The maximum Gasteiger partial charge on any atom is 0.0897 e. The van der Waals surface area contributed by atoms with Crippen molar-refractivity contribution in [3.05, 3.63) is 16.1 Å². The van der Waals surface area contributed by atoms with Crippen LogP contribution in [0, 0.1) is 6.92 Å². The molecule has 0 spiro atoms. The molecule has 0 bridgehead atoms. The van der Waals surface area contributed by atoms with Crippen LogP contribution in [0.4, 0.5) is 0 Å². The zero-order chi connectivity index (χ0) is 10.9. The van der Waals surface area contributed by atoms with E-state index in [1.807, 2.05) is 18.0 Å². The first-order valence-electron chi connectivity index (χ1n) is 5.44. The van der Waals surface area contributed by atoms with E-state index in [1.165, 1.54) is 29.9 Å². The highest BCUT2D eigenvalue weighted by atomic mass is 32.2. The normalized spacial score (nSPS) is 10.8. The Labute approximate surface area is 101 Å². The molecule has 0 amide bonds. The van der Waals surface area contributed by atoms with E-state index >= 15 is 0 Å². The third-order valence-electron chi connectivity index (χ3n) is 2.17. The van der Waals surface area contributed by atoms with Gasteiger partial charge in [-0.25, -0.2) is 4.98 Å². The molecular formula is C11H20N2S2. The number of aryl methyl sites for hydroxylation is 1. The Morgan fingerprint density at radius 3 is 2.93 bits per heavy atom. The maximum absolute atomic E-state index is 4.23. The summed E-state index contributed by atoms with van der Waals surface area (Å²) >= 11 is 3.72. The van der Waals surface area contributed by atoms with Gasteiger partial charge in [-0.05, 0) is 38.3 Å². The summed E-state index contributed by atoms with van der Waals surface area (Å²) in [5, 5.41) is 4.61. The van der Waals surface area contributed by atoms with E-state index in [4.69, 9.17) is 0 Å². The molecule has 86 valence electrons. The first kappa shape index (κ1) is 13.0. The Morgan fingerprint density at radius 2 is 2.27 bits per heavy atom. The molecule has 1 N–H and O–H groups in total. The third kappa shape index (κ3) is 6.17. The van der Waals surface area contributed by atoms with Gasteiger partial charge in [-0.1, -0.05) is 6.42 Å². The first-order chi connectivity index (χ1) is 7.33. The standard InChI is InChI=1S/C11H20N2S2/c1-10-13-9-11(15-10)8-12-6-4-3-5-7-14-2/h9,12H,3-8H2,1-2H3. The van der Waals surface area contributed by atoms with Crippen LogP contribution in [0.3, 0.4) is 0 Å². The number of nitrogens with one attached hydrogen (secondary N) is 1. The largest absolute Gasteiger partial charge is 0.312 e. The highest BCUT2D eigenvalue weighted by molar-refractivity contribution is 7.98. The molecule has 0 aliphatic carbocycles. The van der Waals surface area contributed by atoms with Crippen molar-refractivity contribution in [1.82, 2.24) is 10.3 Å². The topological polar surface area (TPSA) is 24.9 Å². The molecule has 1 rings (SSSR count). The fourth-order valence-corrected chi connectivity index (χ4v) is 2.63. The lowest BCUT2D eigenvalue weighted by molar-refractivity contribution is 0.622. The van der Waals surface area contributed by atoms with Gasteiger partial charge < -0.3 is 5.32 Å². The first-order valence-corrected chi connectivity index (χ1v) is 7.65. The highest BCUT2D eigenvalue weighted by Crippen LogP contribution is 2.10. The van der Waals surface area contributed by atoms with Gasteiger partial charge in [-0.2, -0.15) is 11.8 Å². The molecule has 0 saturated carbocycles. The molecule has 15 heavy (non-hydrogen) atoms. The van der Waals surface area contributed by atoms with Gasteiger partial charge in [-0.15, -0.1) is 11.3 Å². The van der Waals surface area contributed by atoms with Gasteiger partial charge in [0.25, 0.3) is 0 Å². The number of unbranched alkanes of at least 4 members (excludes halogenated alkanes) is 2. The van der Waals surface area contributed by atoms with Crippen molar-refractivity contribution in [2.45, 2.75) is 32.7 Å². The average Bonchev–Trinajstić information content (AvgIpc) is 2.63. The summed E-state index contributed by atoms with van der Waals surface area (Å²) in [4.78, 5) is 5.58. The highest BCUT2D eigenvalue weighted by Gasteiger charge is 1.96. The van der Waals surface area contributed by atoms with Crippen LogP contribution in [0.15, 0.2) is 6.20 Å². The van der Waals surface area contributed by atoms with Crippen molar-refractivity contribution >= 4 is 23.1 Å². The number of thiazole rings is 1. The molecule has 0 aromatic carbocycles. The Morgan fingerprint density at radius 1 is 1.40 bits per heavy atom. The minimum absolute atomic E-state index is 0.980. The number of hydrogen-bond acceptors (Lipinski definition) is 4. The smallest absolute Gasteiger partial charge is 0.0897 e. The van der Waals surface area contributed by atoms with Crippen LogP contribution in [0.25, 0.3) is 0 Å². The lowest BCUT2D eigenvalue weighted by atomic mass is 10.2. The van der Waals surface area contributed by atoms with Crippen LogP contribution in [-0.4, -0.2) is 23.5 Å². The molecule has 0 atom stereocenters. The fraction of sp³-hybridized carbons (Fsp3) is 0.727. The zero-order valence-corrected chi connectivity index (χ0v) is 11.2. The van der Waals surface area contributed by atoms with Gasteiger partial charge in [0.05, 0.1) is 5.01 Å². The van der Waals surface area contributed by atoms with E-state index in [9.17, 15) is 0 Å². The molecular weight excluding hydrogens is 224 g/mol. The molecule has 2 nitrogen and oxygen atoms in total. The Balaban J connectivity index is 1.93. The maximum atomic E-state index is 4.23. The number of hydrogen-bond donors (Lipinski definition) is 1. The molecule has 1 aromatic rings. The van der Waals surface area contributed by atoms with E-state index in [2.05, 4.69) is 23.5 Å². The molecule has 1 heterocycles. The molecule has 0 fully saturated rings. The number of aromatic nitrogens is 1. The summed E-state index contributed by atoms with van der Waals surface area (Å²) in [5.74, 6) is 1.30. The molecule has 0 aliphatic heterocycles. The average molecular weight is 244 g/mol. The zero-order valence-electron chi connectivity index (χ0n) is 9.58. The molecule has 1 aromatic heterocycles. The summed E-state index contributed by atoms with van der Waals surface area (Å²) < 4.78 is 0. The summed E-state index contributed by atoms with van der Waals surface area (Å²) in [7, 11) is 0. The van der Waals surface area contributed by atoms with Crippen molar-refractivity contribution < 1.29 is 0 Å². The van der Waals surface area contributed by atoms with E-state index in [0.717, 1.165) is 18.1 Å². The number of rotatable bonds is 8. The van der Waals surface area contributed by atoms with Crippen LogP contribution >= 0.6 is 23.1 Å². The van der Waals surface area contributed by atoms with Gasteiger partial charge in [0, 0.05) is 17.6 Å². The van der Waals surface area contributed by atoms with Crippen molar-refractivity contribution in [3.8, 4) is 0 Å². The quantitative estimate of drug-likeness (QED) is 0.711. The van der Waals surface area contributed by atoms with Gasteiger partial charge in [0.1, 0.15) is 0 Å². The van der Waals surface area contributed by atoms with E-state index in [1.54, 1.807) is 11.3 Å². The van der Waals surface area contributed by atoms with Gasteiger partial charge in [-0.3, -0.25) is 0 Å². The second kappa shape index (κ2) is 8.13. The predicted octanol–water partition coefficient (Wildman–Crippen LogP) is 3.07. The second-order valence-corrected chi connectivity index (χ2v) is 5.88. The van der Waals surface area contributed by atoms with Crippen LogP contribution in [-0.2, 0) is 6.54 Å². The fourth-order valence-electron chi connectivity index (χ4n) is 1.37. The molecule has 0 unspecified atom stereocenters. The number of thioether (sulfide) groups is 1. The van der Waals surface area contributed by atoms with Crippen LogP contribution < -0.4 is 5.32 Å². The van der Waals surface area contributed by atoms with Gasteiger partial charge in [0.15, 0.2) is 0 Å². The Kier molecular flexibility index (Phi) is 7.05. The summed E-state index contributed by atoms with van der Waals surface area (Å²) in [6.07, 6.45) is 8.13. The van der Waals surface area contributed by atoms with Crippen molar-refractivity contribution in [3.63, 3.8) is 0 Å². The SMILES string of the molecule is CSCCCCCNCc1cnc(C)s1. The summed E-state index contributed by atoms with van der Waals surface area (Å²) in [6.45, 7) is 4.16. The molecule has 0 radical (unpaired) electrons. The minimum Gasteiger partial charge on any atom is -0.312 e. The van der Waals surface area contributed by atoms with Crippen molar-refractivity contribution in [2.24, 2.45) is 0 Å². The van der Waals surface area contributed by atoms with E-state index in [-0.39, 0.29) is 0 Å². The Hall–Kier alpha value is -0.0600. The summed E-state index contributed by atoms with van der Waals surface area (Å²) in [5.41, 5.74) is 0. The van der Waals surface area contributed by atoms with Crippen LogP contribution in [0.1, 0.15) is 29.1 Å². The molecule has 0 saturated heterocycles. The number of nitrogens with zero attached hydrogens (tertiary/aromatic N) is 1. The second-order valence-electron chi connectivity index (χ2n) is 3.58. The van der Waals surface area contributed by atoms with Crippen LogP contribution in [0.5, 0.6) is 0 Å². The minimum atomic E-state index is 0.980. The van der Waals surface area contributed by atoms with Gasteiger partial charge in [0.2, 0.25) is 0 Å². The third-order valence-corrected chi connectivity index (χ3v) is 3.78. The van der Waals surface area contributed by atoms with E-state index < -0.39 is 0 Å². The van der Waals surface area contributed by atoms with Crippen molar-refractivity contribution in [2.75, 3.05) is 18.6 Å². The van der Waals surface area contributed by atoms with Gasteiger partial charge >= 0.3 is 0 Å². The Bertz CT molecular complexity index is 261. The molecule has 0 aliphatic rings. The molecule has 4 heteroatoms. The lowest BCUT2D eigenvalue weighted by Crippen LogP contribution is -2.13.